The fourth-order valence-electron chi connectivity index (χ4n) is 2.33. The maximum Gasteiger partial charge on any atom is -1.00 e. The zero-order valence-corrected chi connectivity index (χ0v) is 12.8. The molecule has 0 N–H and O–H groups in total. The fourth-order valence-corrected chi connectivity index (χ4v) is 5.21. The van der Waals surface area contributed by atoms with Crippen molar-refractivity contribution in [3.05, 3.63) is 41.0 Å². The number of unbranched alkanes of at least 4 members (excludes halogenated alkanes) is 1. The van der Waals surface area contributed by atoms with Crippen LogP contribution in [0.5, 0.6) is 0 Å². The van der Waals surface area contributed by atoms with Crippen LogP contribution < -0.4 is 9.41 Å². The number of halogens is 2. The van der Waals surface area contributed by atoms with Gasteiger partial charge >= 0.3 is 105 Å². The van der Waals surface area contributed by atoms with Crippen LogP contribution in [-0.4, -0.2) is 0 Å². The van der Waals surface area contributed by atoms with E-state index in [0.29, 0.717) is 0 Å². The predicted molar refractivity (Wildman–Crippen MR) is 62.5 cm³/mol. The van der Waals surface area contributed by atoms with Crippen LogP contribution in [-0.2, 0) is 23.2 Å². The molecule has 0 saturated heterocycles. The van der Waals surface area contributed by atoms with Crippen LogP contribution >= 0.6 is 0 Å². The van der Waals surface area contributed by atoms with Crippen LogP contribution in [0.25, 0.3) is 6.08 Å². The smallest absolute Gasteiger partial charge is 1.00 e. The third-order valence-corrected chi connectivity index (χ3v) is 6.22. The van der Waals surface area contributed by atoms with Gasteiger partial charge in [0.25, 0.3) is 0 Å². The Kier molecular flexibility index (Phi) is 7.78. The van der Waals surface area contributed by atoms with Crippen LogP contribution in [0.1, 0.15) is 40.9 Å². The molecule has 0 saturated carbocycles. The summed E-state index contributed by atoms with van der Waals surface area (Å²) in [5, 5.41) is 0. The van der Waals surface area contributed by atoms with Gasteiger partial charge in [-0.05, 0) is 0 Å². The van der Waals surface area contributed by atoms with Crippen molar-refractivity contribution in [3.63, 3.8) is 0 Å². The minimum atomic E-state index is -0.232. The summed E-state index contributed by atoms with van der Waals surface area (Å²) in [5.41, 5.74) is 4.85. The minimum absolute atomic E-state index is 0. The van der Waals surface area contributed by atoms with Crippen molar-refractivity contribution in [2.45, 2.75) is 34.4 Å². The van der Waals surface area contributed by atoms with Gasteiger partial charge in [0.2, 0.25) is 0 Å². The van der Waals surface area contributed by atoms with E-state index in [1.165, 1.54) is 24.8 Å². The van der Waals surface area contributed by atoms with E-state index in [2.05, 4.69) is 41.9 Å². The molecule has 0 aromatic heterocycles. The van der Waals surface area contributed by atoms with E-state index < -0.39 is 0 Å². The molecule has 92 valence electrons. The van der Waals surface area contributed by atoms with Crippen molar-refractivity contribution in [2.75, 3.05) is 0 Å². The summed E-state index contributed by atoms with van der Waals surface area (Å²) < 4.78 is 3.34. The molecule has 0 amide bonds. The maximum absolute atomic E-state index is 2.47. The summed E-state index contributed by atoms with van der Waals surface area (Å²) >= 11 is -0.232. The number of rotatable bonds is 4. The number of allylic oxidation sites excluding steroid dienone is 1. The molecular formula is C14H18F2Zr. The van der Waals surface area contributed by atoms with Crippen LogP contribution in [0.15, 0.2) is 29.8 Å². The monoisotopic (exact) mass is 314 g/mol. The first-order valence-electron chi connectivity index (χ1n) is 5.83. The van der Waals surface area contributed by atoms with E-state index in [9.17, 15) is 0 Å². The second-order valence-corrected chi connectivity index (χ2v) is 7.01. The first kappa shape index (κ1) is 16.7. The predicted octanol–water partition coefficient (Wildman–Crippen LogP) is -1.55. The average Bonchev–Trinajstić information content (AvgIpc) is 2.63. The Morgan fingerprint density at radius 2 is 1.88 bits per heavy atom. The van der Waals surface area contributed by atoms with E-state index >= 15 is 0 Å². The standard InChI is InChI=1S/C13H15.CH3.2FH.Zr/c1-2-3-6-11-9-12-7-4-5-8-13(12)10-11;;;;/h4-5,7-10H,2-3,6H2,1H3;1H3;2*1H;/q;;;;+2/p-2. The van der Waals surface area contributed by atoms with Crippen molar-refractivity contribution >= 4 is 6.08 Å². The molecule has 0 bridgehead atoms. The average molecular weight is 316 g/mol. The summed E-state index contributed by atoms with van der Waals surface area (Å²) in [7, 11) is 0. The largest absolute Gasteiger partial charge is 1.00 e. The van der Waals surface area contributed by atoms with Crippen LogP contribution in [0.4, 0.5) is 0 Å². The van der Waals surface area contributed by atoms with E-state index in [-0.39, 0.29) is 32.6 Å². The molecule has 1 aromatic rings. The Labute approximate surface area is 114 Å². The second-order valence-electron chi connectivity index (χ2n) is 4.17. The van der Waals surface area contributed by atoms with E-state index in [4.69, 9.17) is 0 Å². The minimum Gasteiger partial charge on any atom is -1.00 e. The molecule has 0 spiro atoms. The van der Waals surface area contributed by atoms with Gasteiger partial charge in [-0.25, -0.2) is 0 Å². The van der Waals surface area contributed by atoms with Gasteiger partial charge < -0.3 is 9.41 Å². The Morgan fingerprint density at radius 3 is 2.53 bits per heavy atom. The Morgan fingerprint density at radius 1 is 1.18 bits per heavy atom. The van der Waals surface area contributed by atoms with Crippen molar-refractivity contribution < 1.29 is 32.6 Å². The summed E-state index contributed by atoms with van der Waals surface area (Å²) in [6.07, 6.45) is 6.45. The molecule has 1 aromatic carbocycles. The molecule has 1 aliphatic rings. The van der Waals surface area contributed by atoms with Crippen LogP contribution in [0.2, 0.25) is 4.63 Å². The summed E-state index contributed by atoms with van der Waals surface area (Å²) in [6.45, 7) is 2.28. The quantitative estimate of drug-likeness (QED) is 0.631. The van der Waals surface area contributed by atoms with Gasteiger partial charge in [0.1, 0.15) is 0 Å². The molecule has 0 radical (unpaired) electrons. The van der Waals surface area contributed by atoms with Gasteiger partial charge in [0, 0.05) is 0 Å². The second kappa shape index (κ2) is 7.92. The molecular weight excluding hydrogens is 297 g/mol. The first-order valence-corrected chi connectivity index (χ1v) is 9.71. The molecule has 0 fully saturated rings. The van der Waals surface area contributed by atoms with Crippen molar-refractivity contribution in [2.24, 2.45) is 0 Å². The Balaban J connectivity index is 0.00000128. The number of hydrogen-bond acceptors (Lipinski definition) is 0. The van der Waals surface area contributed by atoms with Gasteiger partial charge in [0.15, 0.2) is 0 Å². The van der Waals surface area contributed by atoms with E-state index in [1.54, 1.807) is 11.1 Å². The zero-order chi connectivity index (χ0) is 10.7. The van der Waals surface area contributed by atoms with Crippen LogP contribution in [0.3, 0.4) is 0 Å². The van der Waals surface area contributed by atoms with Gasteiger partial charge in [-0.3, -0.25) is 0 Å². The number of fused-ring (bicyclic) bond motifs is 1. The molecule has 2 rings (SSSR count). The normalized spacial score (nSPS) is 16.1. The summed E-state index contributed by atoms with van der Waals surface area (Å²) in [5.74, 6) is 0. The Hall–Kier alpha value is -0.297. The number of benzene rings is 1. The van der Waals surface area contributed by atoms with Crippen molar-refractivity contribution in [1.82, 2.24) is 0 Å². The topological polar surface area (TPSA) is 0 Å². The third kappa shape index (κ3) is 3.58. The maximum atomic E-state index is 2.47. The van der Waals surface area contributed by atoms with Gasteiger partial charge in [-0.15, -0.1) is 0 Å². The molecule has 0 nitrogen and oxygen atoms in total. The van der Waals surface area contributed by atoms with Gasteiger partial charge in [-0.2, -0.15) is 0 Å². The molecule has 1 aliphatic carbocycles. The third-order valence-electron chi connectivity index (χ3n) is 3.13. The van der Waals surface area contributed by atoms with Gasteiger partial charge in [0.05, 0.1) is 0 Å². The first-order chi connectivity index (χ1) is 7.36. The molecule has 17 heavy (non-hydrogen) atoms. The molecule has 1 unspecified atom stereocenters. The number of hydrogen-bond donors (Lipinski definition) is 0. The zero-order valence-electron chi connectivity index (χ0n) is 10.3. The van der Waals surface area contributed by atoms with Crippen molar-refractivity contribution in [1.29, 1.82) is 0 Å². The molecule has 1 atom stereocenters. The summed E-state index contributed by atoms with van der Waals surface area (Å²) in [6, 6.07) is 8.96. The molecule has 3 heteroatoms. The van der Waals surface area contributed by atoms with E-state index in [1.807, 2.05) is 0 Å². The molecule has 0 aliphatic heterocycles. The summed E-state index contributed by atoms with van der Waals surface area (Å²) in [4.78, 5) is 0. The van der Waals surface area contributed by atoms with Gasteiger partial charge in [-0.1, -0.05) is 0 Å². The fraction of sp³-hybridized carbons (Fsp3) is 0.429. The SMILES string of the molecule is CCCCC1=Cc2ccccc2[CH]1[Zr+2][CH3].[F-].[F-]. The molecule has 0 heterocycles. The van der Waals surface area contributed by atoms with E-state index in [0.717, 1.165) is 3.63 Å². The van der Waals surface area contributed by atoms with Crippen molar-refractivity contribution in [3.8, 4) is 0 Å². The van der Waals surface area contributed by atoms with Crippen LogP contribution in [0, 0.1) is 0 Å². The Bertz CT molecular complexity index is 374.